The van der Waals surface area contributed by atoms with E-state index in [0.29, 0.717) is 22.8 Å². The van der Waals surface area contributed by atoms with E-state index in [1.165, 1.54) is 20.3 Å². The second kappa shape index (κ2) is 5.54. The predicted molar refractivity (Wildman–Crippen MR) is 90.5 cm³/mol. The van der Waals surface area contributed by atoms with Gasteiger partial charge < -0.3 is 29.2 Å². The number of benzene rings is 2. The van der Waals surface area contributed by atoms with Crippen molar-refractivity contribution in [2.24, 2.45) is 0 Å². The Morgan fingerprint density at radius 1 is 1.23 bits per heavy atom. The number of hydrogen-bond donors (Lipinski definition) is 2. The molecule has 0 spiro atoms. The third-order valence-corrected chi connectivity index (χ3v) is 4.99. The SMILES string of the molecule is COc1cc2c(c(O)c1C)C(=O)[C@@]1(O)c3cccc(OC)c3OC[C@@H]1O2. The summed E-state index contributed by atoms with van der Waals surface area (Å²) in [5.74, 6) is 0.316. The van der Waals surface area contributed by atoms with Gasteiger partial charge in [0.2, 0.25) is 5.78 Å². The predicted octanol–water partition coefficient (Wildman–Crippen LogP) is 1.94. The number of aliphatic hydroxyl groups is 1. The van der Waals surface area contributed by atoms with E-state index in [-0.39, 0.29) is 29.2 Å². The third kappa shape index (κ3) is 1.94. The summed E-state index contributed by atoms with van der Waals surface area (Å²) in [5, 5.41) is 21.9. The number of methoxy groups -OCH3 is 2. The second-order valence-electron chi connectivity index (χ2n) is 6.28. The maximum absolute atomic E-state index is 13.3. The molecule has 2 aliphatic heterocycles. The highest BCUT2D eigenvalue weighted by atomic mass is 16.6. The summed E-state index contributed by atoms with van der Waals surface area (Å²) < 4.78 is 22.0. The quantitative estimate of drug-likeness (QED) is 0.847. The van der Waals surface area contributed by atoms with E-state index in [0.717, 1.165) is 0 Å². The van der Waals surface area contributed by atoms with Gasteiger partial charge in [-0.15, -0.1) is 0 Å². The Morgan fingerprint density at radius 3 is 2.65 bits per heavy atom. The Bertz CT molecular complexity index is 921. The Hall–Kier alpha value is -2.93. The smallest absolute Gasteiger partial charge is 0.210 e. The first kappa shape index (κ1) is 16.5. The molecule has 0 saturated heterocycles. The lowest BCUT2D eigenvalue weighted by Crippen LogP contribution is -2.57. The monoisotopic (exact) mass is 358 g/mol. The number of fused-ring (bicyclic) bond motifs is 4. The highest BCUT2D eigenvalue weighted by Crippen LogP contribution is 2.51. The first-order valence-corrected chi connectivity index (χ1v) is 8.08. The summed E-state index contributed by atoms with van der Waals surface area (Å²) in [4.78, 5) is 13.3. The highest BCUT2D eigenvalue weighted by molar-refractivity contribution is 6.09. The van der Waals surface area contributed by atoms with Gasteiger partial charge in [0.1, 0.15) is 29.4 Å². The molecule has 4 rings (SSSR count). The maximum Gasteiger partial charge on any atom is 0.210 e. The van der Waals surface area contributed by atoms with Crippen molar-refractivity contribution in [2.75, 3.05) is 20.8 Å². The second-order valence-corrected chi connectivity index (χ2v) is 6.28. The number of carbonyl (C=O) groups is 1. The molecule has 2 atom stereocenters. The summed E-state index contributed by atoms with van der Waals surface area (Å²) in [6, 6.07) is 6.45. The molecule has 0 aliphatic carbocycles. The number of rotatable bonds is 2. The average Bonchev–Trinajstić information content (AvgIpc) is 2.65. The van der Waals surface area contributed by atoms with Crippen LogP contribution in [0.15, 0.2) is 24.3 Å². The molecular formula is C19H18O7. The number of ether oxygens (including phenoxy) is 4. The van der Waals surface area contributed by atoms with Gasteiger partial charge in [0.25, 0.3) is 0 Å². The van der Waals surface area contributed by atoms with Crippen molar-refractivity contribution in [2.45, 2.75) is 18.6 Å². The van der Waals surface area contributed by atoms with Crippen LogP contribution in [-0.4, -0.2) is 42.9 Å². The summed E-state index contributed by atoms with van der Waals surface area (Å²) in [6.07, 6.45) is -0.964. The molecular weight excluding hydrogens is 340 g/mol. The Labute approximate surface area is 149 Å². The van der Waals surface area contributed by atoms with Crippen LogP contribution in [-0.2, 0) is 5.60 Å². The van der Waals surface area contributed by atoms with Crippen LogP contribution in [0, 0.1) is 6.92 Å². The number of aromatic hydroxyl groups is 1. The summed E-state index contributed by atoms with van der Waals surface area (Å²) in [5.41, 5.74) is -1.43. The molecule has 0 unspecified atom stereocenters. The van der Waals surface area contributed by atoms with Gasteiger partial charge in [-0.25, -0.2) is 0 Å². The number of Topliss-reactive ketones (excluding diaryl/α,β-unsaturated/α-hetero) is 1. The summed E-state index contributed by atoms with van der Waals surface area (Å²) in [6.45, 7) is 1.57. The molecule has 2 aliphatic rings. The molecule has 0 saturated carbocycles. The Kier molecular flexibility index (Phi) is 3.52. The van der Waals surface area contributed by atoms with Gasteiger partial charge in [0, 0.05) is 17.2 Å². The number of carbonyl (C=O) groups excluding carboxylic acids is 1. The van der Waals surface area contributed by atoms with Gasteiger partial charge in [0.05, 0.1) is 14.2 Å². The fourth-order valence-electron chi connectivity index (χ4n) is 3.56. The van der Waals surface area contributed by atoms with Crippen LogP contribution in [0.3, 0.4) is 0 Å². The van der Waals surface area contributed by atoms with E-state index in [4.69, 9.17) is 18.9 Å². The van der Waals surface area contributed by atoms with Crippen LogP contribution in [0.1, 0.15) is 21.5 Å². The van der Waals surface area contributed by atoms with E-state index in [1.807, 2.05) is 0 Å². The van der Waals surface area contributed by atoms with Gasteiger partial charge in [0.15, 0.2) is 23.2 Å². The highest BCUT2D eigenvalue weighted by Gasteiger charge is 2.57. The molecule has 2 N–H and O–H groups in total. The first-order chi connectivity index (χ1) is 12.4. The molecule has 2 aromatic carbocycles. The van der Waals surface area contributed by atoms with Crippen molar-refractivity contribution in [1.29, 1.82) is 0 Å². The Balaban J connectivity index is 1.95. The minimum Gasteiger partial charge on any atom is -0.507 e. The van der Waals surface area contributed by atoms with Crippen LogP contribution in [0.25, 0.3) is 0 Å². The zero-order valence-electron chi connectivity index (χ0n) is 14.5. The number of hydrogen-bond acceptors (Lipinski definition) is 7. The van der Waals surface area contributed by atoms with E-state index in [9.17, 15) is 15.0 Å². The van der Waals surface area contributed by atoms with Gasteiger partial charge >= 0.3 is 0 Å². The number of phenolic OH excluding ortho intramolecular Hbond substituents is 1. The number of phenols is 1. The third-order valence-electron chi connectivity index (χ3n) is 4.99. The standard InChI is InChI=1S/C19H18O7/c1-9-12(24-3)7-13-15(16(9)20)18(21)19(22)10-5-4-6-11(23-2)17(10)25-8-14(19)26-13/h4-7,14,20,22H,8H2,1-3H3/t14-,19+/m0/s1. The lowest BCUT2D eigenvalue weighted by Gasteiger charge is -2.43. The van der Waals surface area contributed by atoms with Gasteiger partial charge in [-0.2, -0.15) is 0 Å². The first-order valence-electron chi connectivity index (χ1n) is 8.08. The molecule has 2 heterocycles. The van der Waals surface area contributed by atoms with Crippen molar-refractivity contribution in [3.8, 4) is 28.7 Å². The molecule has 0 aromatic heterocycles. The number of para-hydroxylation sites is 1. The molecule has 136 valence electrons. The molecule has 0 amide bonds. The minimum absolute atomic E-state index is 0.0496. The maximum atomic E-state index is 13.3. The number of ketones is 1. The van der Waals surface area contributed by atoms with E-state index in [1.54, 1.807) is 25.1 Å². The molecule has 7 heteroatoms. The zero-order chi connectivity index (χ0) is 18.6. The van der Waals surface area contributed by atoms with Crippen LogP contribution in [0.5, 0.6) is 28.7 Å². The summed E-state index contributed by atoms with van der Waals surface area (Å²) in [7, 11) is 2.94. The molecule has 0 bridgehead atoms. The van der Waals surface area contributed by atoms with Crippen LogP contribution in [0.4, 0.5) is 0 Å². The van der Waals surface area contributed by atoms with Crippen molar-refractivity contribution >= 4 is 5.78 Å². The average molecular weight is 358 g/mol. The molecule has 26 heavy (non-hydrogen) atoms. The van der Waals surface area contributed by atoms with E-state index >= 15 is 0 Å². The lowest BCUT2D eigenvalue weighted by molar-refractivity contribution is -0.0806. The molecule has 0 radical (unpaired) electrons. The van der Waals surface area contributed by atoms with Gasteiger partial charge in [-0.3, -0.25) is 4.79 Å². The fraction of sp³-hybridized carbons (Fsp3) is 0.316. The minimum atomic E-state index is -1.99. The van der Waals surface area contributed by atoms with Gasteiger partial charge in [-0.1, -0.05) is 12.1 Å². The van der Waals surface area contributed by atoms with Crippen molar-refractivity contribution < 1.29 is 34.0 Å². The van der Waals surface area contributed by atoms with Crippen molar-refractivity contribution in [3.63, 3.8) is 0 Å². The largest absolute Gasteiger partial charge is 0.507 e. The lowest BCUT2D eigenvalue weighted by atomic mass is 9.77. The summed E-state index contributed by atoms with van der Waals surface area (Å²) >= 11 is 0. The van der Waals surface area contributed by atoms with E-state index in [2.05, 4.69) is 0 Å². The molecule has 0 fully saturated rings. The Morgan fingerprint density at radius 2 is 1.96 bits per heavy atom. The molecule has 2 aromatic rings. The van der Waals surface area contributed by atoms with Crippen molar-refractivity contribution in [1.82, 2.24) is 0 Å². The molecule has 7 nitrogen and oxygen atoms in total. The fourth-order valence-corrected chi connectivity index (χ4v) is 3.56. The normalized spacial score (nSPS) is 23.1. The zero-order valence-corrected chi connectivity index (χ0v) is 14.5. The van der Waals surface area contributed by atoms with Crippen LogP contribution in [0.2, 0.25) is 0 Å². The van der Waals surface area contributed by atoms with Crippen molar-refractivity contribution in [3.05, 3.63) is 41.0 Å². The topological polar surface area (TPSA) is 94.5 Å². The van der Waals surface area contributed by atoms with Gasteiger partial charge in [-0.05, 0) is 13.0 Å². The van der Waals surface area contributed by atoms with Crippen LogP contribution < -0.4 is 18.9 Å². The van der Waals surface area contributed by atoms with Crippen LogP contribution >= 0.6 is 0 Å². The van der Waals surface area contributed by atoms with E-state index < -0.39 is 17.5 Å².